The number of hydrogen-bond donors (Lipinski definition) is 0. The predicted octanol–water partition coefficient (Wildman–Crippen LogP) is 3.28. The maximum Gasteiger partial charge on any atom is 0.573 e. The average molecular weight is 215 g/mol. The zero-order valence-corrected chi connectivity index (χ0v) is 7.97. The van der Waals surface area contributed by atoms with Crippen LogP contribution in [0, 0.1) is 6.42 Å². The molecule has 0 heterocycles. The lowest BCUT2D eigenvalue weighted by Crippen LogP contribution is -2.19. The van der Waals surface area contributed by atoms with E-state index in [0.29, 0.717) is 12.0 Å². The molecule has 0 atom stereocenters. The summed E-state index contributed by atoms with van der Waals surface area (Å²) < 4.78 is 40.2. The Labute approximate surface area is 85.9 Å². The molecule has 81 valence electrons. The third-order valence-corrected chi connectivity index (χ3v) is 2.42. The van der Waals surface area contributed by atoms with Gasteiger partial charge in [0.15, 0.2) is 0 Å². The van der Waals surface area contributed by atoms with Crippen LogP contribution in [0.3, 0.4) is 0 Å². The zero-order chi connectivity index (χ0) is 10.9. The van der Waals surface area contributed by atoms with Crippen LogP contribution in [0.25, 0.3) is 0 Å². The van der Waals surface area contributed by atoms with Gasteiger partial charge in [-0.25, -0.2) is 0 Å². The molecule has 1 aromatic carbocycles. The number of ether oxygens (including phenoxy) is 1. The van der Waals surface area contributed by atoms with Crippen molar-refractivity contribution in [3.05, 3.63) is 35.7 Å². The van der Waals surface area contributed by atoms with Crippen LogP contribution in [-0.4, -0.2) is 6.36 Å². The van der Waals surface area contributed by atoms with Gasteiger partial charge >= 0.3 is 6.36 Å². The highest BCUT2D eigenvalue weighted by Gasteiger charge is 2.32. The Kier molecular flexibility index (Phi) is 2.59. The smallest absolute Gasteiger partial charge is 0.405 e. The van der Waals surface area contributed by atoms with E-state index in [0.717, 1.165) is 18.4 Å². The second kappa shape index (κ2) is 3.76. The number of aryl methyl sites for hydroxylation is 1. The van der Waals surface area contributed by atoms with Crippen molar-refractivity contribution >= 4 is 0 Å². The molecule has 0 N–H and O–H groups in total. The standard InChI is InChI=1S/C11H10F3O/c12-11(13,14)15-10-7-3-5-8-4-1-2-6-9(8)10/h2-3,5,7H,1,4,6H2. The highest BCUT2D eigenvalue weighted by molar-refractivity contribution is 5.43. The van der Waals surface area contributed by atoms with E-state index >= 15 is 0 Å². The number of alkyl halides is 3. The molecule has 4 heteroatoms. The molecule has 0 aromatic heterocycles. The van der Waals surface area contributed by atoms with Crippen LogP contribution >= 0.6 is 0 Å². The van der Waals surface area contributed by atoms with Crippen molar-refractivity contribution in [2.24, 2.45) is 0 Å². The van der Waals surface area contributed by atoms with E-state index in [9.17, 15) is 13.2 Å². The topological polar surface area (TPSA) is 9.23 Å². The lowest BCUT2D eigenvalue weighted by Gasteiger charge is -2.19. The first-order valence-corrected chi connectivity index (χ1v) is 4.74. The van der Waals surface area contributed by atoms with Gasteiger partial charge in [-0.3, -0.25) is 0 Å². The summed E-state index contributed by atoms with van der Waals surface area (Å²) in [5.74, 6) is -0.0593. The molecule has 1 nitrogen and oxygen atoms in total. The molecule has 2 rings (SSSR count). The van der Waals surface area contributed by atoms with E-state index in [1.54, 1.807) is 6.07 Å². The van der Waals surface area contributed by atoms with Crippen molar-refractivity contribution < 1.29 is 17.9 Å². The molecule has 0 aliphatic heterocycles. The molecule has 0 saturated carbocycles. The summed E-state index contributed by atoms with van der Waals surface area (Å²) in [6.45, 7) is 0. The van der Waals surface area contributed by atoms with Crippen molar-refractivity contribution in [3.8, 4) is 5.75 Å². The number of rotatable bonds is 1. The van der Waals surface area contributed by atoms with E-state index < -0.39 is 6.36 Å². The average Bonchev–Trinajstić information content (AvgIpc) is 2.16. The molecule has 0 spiro atoms. The third-order valence-electron chi connectivity index (χ3n) is 2.42. The highest BCUT2D eigenvalue weighted by Crippen LogP contribution is 2.32. The Hall–Kier alpha value is -1.19. The van der Waals surface area contributed by atoms with Gasteiger partial charge in [0, 0.05) is 0 Å². The number of benzene rings is 1. The van der Waals surface area contributed by atoms with Crippen LogP contribution in [0.15, 0.2) is 18.2 Å². The number of fused-ring (bicyclic) bond motifs is 1. The van der Waals surface area contributed by atoms with Crippen molar-refractivity contribution in [2.45, 2.75) is 25.6 Å². The van der Waals surface area contributed by atoms with E-state index in [2.05, 4.69) is 4.74 Å². The molecule has 0 fully saturated rings. The van der Waals surface area contributed by atoms with Crippen molar-refractivity contribution in [3.63, 3.8) is 0 Å². The van der Waals surface area contributed by atoms with E-state index in [4.69, 9.17) is 0 Å². The zero-order valence-electron chi connectivity index (χ0n) is 7.97. The van der Waals surface area contributed by atoms with Gasteiger partial charge in [-0.15, -0.1) is 13.2 Å². The Morgan fingerprint density at radius 3 is 2.73 bits per heavy atom. The van der Waals surface area contributed by atoms with Crippen LogP contribution in [0.4, 0.5) is 13.2 Å². The first-order valence-electron chi connectivity index (χ1n) is 4.74. The largest absolute Gasteiger partial charge is 0.573 e. The molecule has 15 heavy (non-hydrogen) atoms. The Balaban J connectivity index is 2.31. The molecule has 0 amide bonds. The van der Waals surface area contributed by atoms with Gasteiger partial charge in [0.2, 0.25) is 0 Å². The molecule has 0 saturated heterocycles. The van der Waals surface area contributed by atoms with Crippen LogP contribution in [0.1, 0.15) is 17.5 Å². The van der Waals surface area contributed by atoms with Gasteiger partial charge in [-0.1, -0.05) is 12.1 Å². The summed E-state index contributed by atoms with van der Waals surface area (Å²) in [6.07, 6.45) is -0.355. The summed E-state index contributed by atoms with van der Waals surface area (Å²) in [7, 11) is 0. The normalized spacial score (nSPS) is 15.9. The third kappa shape index (κ3) is 2.43. The minimum absolute atomic E-state index is 0.0593. The second-order valence-corrected chi connectivity index (χ2v) is 3.47. The van der Waals surface area contributed by atoms with Gasteiger partial charge in [0.1, 0.15) is 5.75 Å². The highest BCUT2D eigenvalue weighted by atomic mass is 19.4. The van der Waals surface area contributed by atoms with Crippen LogP contribution < -0.4 is 4.74 Å². The predicted molar refractivity (Wildman–Crippen MR) is 49.5 cm³/mol. The van der Waals surface area contributed by atoms with Gasteiger partial charge in [0.05, 0.1) is 0 Å². The molecular formula is C11H10F3O. The fourth-order valence-corrected chi connectivity index (χ4v) is 1.80. The number of hydrogen-bond acceptors (Lipinski definition) is 1. The molecular weight excluding hydrogens is 205 g/mol. The first-order chi connectivity index (χ1) is 7.06. The maximum atomic E-state index is 12.1. The maximum absolute atomic E-state index is 12.1. The fraction of sp³-hybridized carbons (Fsp3) is 0.364. The van der Waals surface area contributed by atoms with Gasteiger partial charge in [0.25, 0.3) is 0 Å². The fourth-order valence-electron chi connectivity index (χ4n) is 1.80. The van der Waals surface area contributed by atoms with E-state index in [1.165, 1.54) is 6.07 Å². The Bertz CT molecular complexity index is 357. The summed E-state index contributed by atoms with van der Waals surface area (Å²) in [6, 6.07) is 4.82. The molecule has 0 bridgehead atoms. The molecule has 1 aromatic rings. The van der Waals surface area contributed by atoms with Crippen molar-refractivity contribution in [1.29, 1.82) is 0 Å². The van der Waals surface area contributed by atoms with Crippen LogP contribution in [0.5, 0.6) is 5.75 Å². The van der Waals surface area contributed by atoms with Crippen LogP contribution in [0.2, 0.25) is 0 Å². The SMILES string of the molecule is FC(F)(F)Oc1cccc2c1C[CH]CC2. The Morgan fingerprint density at radius 1 is 1.20 bits per heavy atom. The van der Waals surface area contributed by atoms with Crippen LogP contribution in [-0.2, 0) is 12.8 Å². The Morgan fingerprint density at radius 2 is 2.00 bits per heavy atom. The molecule has 1 aliphatic carbocycles. The van der Waals surface area contributed by atoms with E-state index in [-0.39, 0.29) is 5.75 Å². The van der Waals surface area contributed by atoms with Gasteiger partial charge in [-0.2, -0.15) is 0 Å². The lowest BCUT2D eigenvalue weighted by atomic mass is 9.91. The van der Waals surface area contributed by atoms with Crippen molar-refractivity contribution in [2.75, 3.05) is 0 Å². The quantitative estimate of drug-likeness (QED) is 0.698. The second-order valence-electron chi connectivity index (χ2n) is 3.47. The number of halogens is 3. The lowest BCUT2D eigenvalue weighted by molar-refractivity contribution is -0.274. The van der Waals surface area contributed by atoms with Gasteiger partial charge < -0.3 is 4.74 Å². The van der Waals surface area contributed by atoms with E-state index in [1.807, 2.05) is 12.5 Å². The summed E-state index contributed by atoms with van der Waals surface area (Å²) in [5.41, 5.74) is 1.63. The first kappa shape index (κ1) is 10.3. The van der Waals surface area contributed by atoms with Gasteiger partial charge in [-0.05, 0) is 42.9 Å². The minimum Gasteiger partial charge on any atom is -0.405 e. The molecule has 1 radical (unpaired) electrons. The molecule has 1 aliphatic rings. The monoisotopic (exact) mass is 215 g/mol. The summed E-state index contributed by atoms with van der Waals surface area (Å²) in [5, 5.41) is 0. The summed E-state index contributed by atoms with van der Waals surface area (Å²) in [4.78, 5) is 0. The molecule has 0 unspecified atom stereocenters. The summed E-state index contributed by atoms with van der Waals surface area (Å²) >= 11 is 0. The van der Waals surface area contributed by atoms with Crippen molar-refractivity contribution in [1.82, 2.24) is 0 Å². The minimum atomic E-state index is -4.60.